The van der Waals surface area contributed by atoms with Crippen LogP contribution in [0.3, 0.4) is 0 Å². The number of hydrogen-bond acceptors (Lipinski definition) is 8. The number of benzene rings is 2. The predicted molar refractivity (Wildman–Crippen MR) is 149 cm³/mol. The van der Waals surface area contributed by atoms with Crippen LogP contribution in [0, 0.1) is 0 Å². The van der Waals surface area contributed by atoms with Gasteiger partial charge in [-0.15, -0.1) is 0 Å². The highest BCUT2D eigenvalue weighted by Crippen LogP contribution is 2.28. The Morgan fingerprint density at radius 3 is 2.50 bits per heavy atom. The summed E-state index contributed by atoms with van der Waals surface area (Å²) in [5, 5.41) is 3.82. The maximum atomic E-state index is 12.4. The second kappa shape index (κ2) is 13.2. The van der Waals surface area contributed by atoms with Gasteiger partial charge in [-0.25, -0.2) is 9.97 Å². The summed E-state index contributed by atoms with van der Waals surface area (Å²) in [5.41, 5.74) is 2.76. The second-order valence-corrected chi connectivity index (χ2v) is 9.77. The fourth-order valence-corrected chi connectivity index (χ4v) is 4.71. The van der Waals surface area contributed by atoms with Crippen molar-refractivity contribution in [2.45, 2.75) is 23.9 Å². The molecule has 0 radical (unpaired) electrons. The molecular formula is C28H29ClN4O4S. The van der Waals surface area contributed by atoms with Crippen LogP contribution in [-0.2, 0) is 18.7 Å². The largest absolute Gasteiger partial charge is 0.493 e. The van der Waals surface area contributed by atoms with E-state index in [0.717, 1.165) is 29.9 Å². The molecule has 0 spiro atoms. The zero-order valence-corrected chi connectivity index (χ0v) is 23.0. The minimum atomic E-state index is -0.153. The number of hydrogen-bond donors (Lipinski definition) is 1. The maximum absolute atomic E-state index is 12.4. The summed E-state index contributed by atoms with van der Waals surface area (Å²) in [6.07, 6.45) is 2.38. The van der Waals surface area contributed by atoms with Gasteiger partial charge in [-0.3, -0.25) is 4.79 Å². The Kier molecular flexibility index (Phi) is 9.51. The Hall–Kier alpha value is -3.69. The summed E-state index contributed by atoms with van der Waals surface area (Å²) in [6, 6.07) is 18.7. The zero-order valence-electron chi connectivity index (χ0n) is 21.4. The molecule has 1 amide bonds. The van der Waals surface area contributed by atoms with E-state index in [1.165, 1.54) is 11.8 Å². The molecule has 2 aromatic carbocycles. The van der Waals surface area contributed by atoms with Gasteiger partial charge in [0.2, 0.25) is 0 Å². The molecule has 0 bridgehead atoms. The number of halogens is 1. The number of furan rings is 1. The number of ether oxygens (including phenoxy) is 2. The molecule has 0 saturated heterocycles. The quantitative estimate of drug-likeness (QED) is 0.137. The van der Waals surface area contributed by atoms with E-state index in [1.54, 1.807) is 44.7 Å². The van der Waals surface area contributed by atoms with Crippen LogP contribution in [0.1, 0.15) is 27.2 Å². The van der Waals surface area contributed by atoms with Gasteiger partial charge in [0.05, 0.1) is 27.0 Å². The van der Waals surface area contributed by atoms with E-state index in [1.807, 2.05) is 48.3 Å². The zero-order chi connectivity index (χ0) is 26.9. The van der Waals surface area contributed by atoms with Crippen LogP contribution in [0.25, 0.3) is 0 Å². The third-order valence-electron chi connectivity index (χ3n) is 5.82. The molecule has 2 aromatic heterocycles. The van der Waals surface area contributed by atoms with Crippen LogP contribution >= 0.6 is 23.4 Å². The third-order valence-corrected chi connectivity index (χ3v) is 6.94. The third kappa shape index (κ3) is 7.43. The fourth-order valence-electron chi connectivity index (χ4n) is 3.68. The van der Waals surface area contributed by atoms with Crippen molar-refractivity contribution >= 4 is 35.1 Å². The number of methoxy groups -OCH3 is 2. The van der Waals surface area contributed by atoms with Gasteiger partial charge in [-0.2, -0.15) is 0 Å². The van der Waals surface area contributed by atoms with Crippen LogP contribution < -0.4 is 19.7 Å². The smallest absolute Gasteiger partial charge is 0.251 e. The number of nitrogens with zero attached hydrogens (tertiary/aromatic N) is 3. The SMILES string of the molecule is COc1ccc(CCN(C)c2cc(Cl)nc(SCc3ccc(C(=O)NCc4ccco4)cc3)n2)cc1OC. The lowest BCUT2D eigenvalue weighted by Gasteiger charge is -2.19. The molecular weight excluding hydrogens is 524 g/mol. The van der Waals surface area contributed by atoms with Gasteiger partial charge in [-0.1, -0.05) is 41.6 Å². The Morgan fingerprint density at radius 2 is 1.79 bits per heavy atom. The van der Waals surface area contributed by atoms with Crippen LogP contribution in [0.4, 0.5) is 5.82 Å². The average molecular weight is 553 g/mol. The summed E-state index contributed by atoms with van der Waals surface area (Å²) >= 11 is 7.80. The van der Waals surface area contributed by atoms with E-state index in [0.29, 0.717) is 45.4 Å². The van der Waals surface area contributed by atoms with Crippen LogP contribution in [-0.4, -0.2) is 43.7 Å². The summed E-state index contributed by atoms with van der Waals surface area (Å²) in [5.74, 6) is 3.36. The highest BCUT2D eigenvalue weighted by Gasteiger charge is 2.11. The molecule has 2 heterocycles. The Morgan fingerprint density at radius 1 is 1.03 bits per heavy atom. The van der Waals surface area contributed by atoms with Gasteiger partial charge in [0.1, 0.15) is 16.7 Å². The first kappa shape index (κ1) is 27.3. The lowest BCUT2D eigenvalue weighted by atomic mass is 10.1. The Balaban J connectivity index is 1.32. The lowest BCUT2D eigenvalue weighted by Crippen LogP contribution is -2.22. The van der Waals surface area contributed by atoms with Crippen molar-refractivity contribution in [3.8, 4) is 11.5 Å². The molecule has 198 valence electrons. The van der Waals surface area contributed by atoms with Crippen molar-refractivity contribution in [2.75, 3.05) is 32.7 Å². The van der Waals surface area contributed by atoms with Gasteiger partial charge in [0, 0.05) is 31.0 Å². The highest BCUT2D eigenvalue weighted by atomic mass is 35.5. The summed E-state index contributed by atoms with van der Waals surface area (Å²) in [7, 11) is 5.23. The molecule has 38 heavy (non-hydrogen) atoms. The highest BCUT2D eigenvalue weighted by molar-refractivity contribution is 7.98. The van der Waals surface area contributed by atoms with E-state index in [4.69, 9.17) is 30.5 Å². The topological polar surface area (TPSA) is 89.7 Å². The molecule has 0 fully saturated rings. The van der Waals surface area contributed by atoms with Crippen molar-refractivity contribution in [2.24, 2.45) is 0 Å². The standard InChI is InChI=1S/C28H29ClN4O4S/c1-33(13-12-19-8-11-23(35-2)24(15-19)36-3)26-16-25(29)31-28(32-26)38-18-20-6-9-21(10-7-20)27(34)30-17-22-5-4-14-37-22/h4-11,14-16H,12-13,17-18H2,1-3H3,(H,30,34). The fraction of sp³-hybridized carbons (Fsp3) is 0.250. The van der Waals surface area contributed by atoms with Gasteiger partial charge < -0.3 is 24.1 Å². The maximum Gasteiger partial charge on any atom is 0.251 e. The number of anilines is 1. The number of nitrogens with one attached hydrogen (secondary N) is 1. The molecule has 10 heteroatoms. The number of carbonyl (C=O) groups is 1. The van der Waals surface area contributed by atoms with Gasteiger partial charge >= 0.3 is 0 Å². The molecule has 0 saturated carbocycles. The summed E-state index contributed by atoms with van der Waals surface area (Å²) in [6.45, 7) is 1.08. The molecule has 4 aromatic rings. The van der Waals surface area contributed by atoms with E-state index in [9.17, 15) is 4.79 Å². The molecule has 0 atom stereocenters. The number of amides is 1. The summed E-state index contributed by atoms with van der Waals surface area (Å²) in [4.78, 5) is 23.5. The number of rotatable bonds is 12. The van der Waals surface area contributed by atoms with E-state index >= 15 is 0 Å². The second-order valence-electron chi connectivity index (χ2n) is 8.44. The van der Waals surface area contributed by atoms with Crippen molar-refractivity contribution in [3.05, 3.63) is 94.5 Å². The average Bonchev–Trinajstić information content (AvgIpc) is 3.47. The molecule has 1 N–H and O–H groups in total. The van der Waals surface area contributed by atoms with Crippen molar-refractivity contribution in [1.29, 1.82) is 0 Å². The lowest BCUT2D eigenvalue weighted by molar-refractivity contribution is 0.0948. The predicted octanol–water partition coefficient (Wildman–Crippen LogP) is 5.64. The van der Waals surface area contributed by atoms with E-state index in [-0.39, 0.29) is 5.91 Å². The van der Waals surface area contributed by atoms with Crippen LogP contribution in [0.5, 0.6) is 11.5 Å². The molecule has 0 unspecified atom stereocenters. The van der Waals surface area contributed by atoms with Gasteiger partial charge in [0.15, 0.2) is 16.7 Å². The summed E-state index contributed by atoms with van der Waals surface area (Å²) < 4.78 is 16.0. The van der Waals surface area contributed by atoms with Crippen molar-refractivity contribution < 1.29 is 18.7 Å². The Labute approximate surface area is 231 Å². The van der Waals surface area contributed by atoms with Gasteiger partial charge in [-0.05, 0) is 53.9 Å². The Bertz CT molecular complexity index is 1350. The number of aromatic nitrogens is 2. The number of carbonyl (C=O) groups excluding carboxylic acids is 1. The number of likely N-dealkylation sites (N-methyl/N-ethyl adjacent to an activating group) is 1. The van der Waals surface area contributed by atoms with Crippen LogP contribution in [0.2, 0.25) is 5.15 Å². The minimum Gasteiger partial charge on any atom is -0.493 e. The molecule has 0 aliphatic heterocycles. The first-order valence-electron chi connectivity index (χ1n) is 11.9. The molecule has 4 rings (SSSR count). The molecule has 0 aliphatic rings. The first-order valence-corrected chi connectivity index (χ1v) is 13.3. The van der Waals surface area contributed by atoms with E-state index < -0.39 is 0 Å². The molecule has 0 aliphatic carbocycles. The molecule has 8 nitrogen and oxygen atoms in total. The van der Waals surface area contributed by atoms with Gasteiger partial charge in [0.25, 0.3) is 5.91 Å². The van der Waals surface area contributed by atoms with Crippen LogP contribution in [0.15, 0.2) is 76.5 Å². The van der Waals surface area contributed by atoms with Crippen molar-refractivity contribution in [1.82, 2.24) is 15.3 Å². The van der Waals surface area contributed by atoms with E-state index in [2.05, 4.69) is 10.3 Å². The van der Waals surface area contributed by atoms with Crippen molar-refractivity contribution in [3.63, 3.8) is 0 Å². The number of thioether (sulfide) groups is 1. The normalized spacial score (nSPS) is 10.7. The monoisotopic (exact) mass is 552 g/mol. The first-order chi connectivity index (χ1) is 18.4. The minimum absolute atomic E-state index is 0.153.